The Morgan fingerprint density at radius 3 is 2.47 bits per heavy atom. The summed E-state index contributed by atoms with van der Waals surface area (Å²) in [6.45, 7) is 6.51. The third kappa shape index (κ3) is 2.21. The first-order chi connectivity index (χ1) is 7.93. The van der Waals surface area contributed by atoms with E-state index in [0.29, 0.717) is 6.42 Å². The third-order valence-corrected chi connectivity index (χ3v) is 3.38. The molecule has 0 N–H and O–H groups in total. The molecule has 2 rings (SSSR count). The Balaban J connectivity index is 2.60. The fourth-order valence-corrected chi connectivity index (χ4v) is 2.42. The molecule has 0 fully saturated rings. The first-order valence-corrected chi connectivity index (χ1v) is 6.18. The first kappa shape index (κ1) is 12.2. The van der Waals surface area contributed by atoms with Gasteiger partial charge in [0.2, 0.25) is 0 Å². The van der Waals surface area contributed by atoms with Crippen LogP contribution in [-0.2, 0) is 11.8 Å². The number of carbonyl (C=O) groups is 1. The number of rotatable bonds is 1. The molecular weight excluding hydrogens is 212 g/mol. The Bertz CT molecular complexity index is 453. The Hall–Kier alpha value is -1.31. The van der Waals surface area contributed by atoms with Gasteiger partial charge in [-0.2, -0.15) is 0 Å². The van der Waals surface area contributed by atoms with E-state index in [1.54, 1.807) is 7.11 Å². The van der Waals surface area contributed by atoms with Crippen molar-refractivity contribution in [2.75, 3.05) is 7.11 Å². The van der Waals surface area contributed by atoms with Crippen molar-refractivity contribution in [1.29, 1.82) is 0 Å². The molecule has 0 saturated carbocycles. The van der Waals surface area contributed by atoms with Crippen LogP contribution < -0.4 is 4.74 Å². The molecule has 2 heteroatoms. The number of fused-ring (bicyclic) bond motifs is 1. The molecule has 1 aromatic rings. The highest BCUT2D eigenvalue weighted by Crippen LogP contribution is 2.36. The maximum Gasteiger partial charge on any atom is 0.163 e. The number of carbonyl (C=O) groups excluding carboxylic acids is 1. The summed E-state index contributed by atoms with van der Waals surface area (Å²) in [6, 6.07) is 4.09. The van der Waals surface area contributed by atoms with Crippen molar-refractivity contribution in [3.63, 3.8) is 0 Å². The van der Waals surface area contributed by atoms with Gasteiger partial charge in [-0.25, -0.2) is 0 Å². The van der Waals surface area contributed by atoms with E-state index in [9.17, 15) is 4.79 Å². The lowest BCUT2D eigenvalue weighted by molar-refractivity contribution is 0.0972. The van der Waals surface area contributed by atoms with E-state index in [4.69, 9.17) is 4.74 Å². The van der Waals surface area contributed by atoms with Crippen LogP contribution in [0.5, 0.6) is 5.75 Å². The second kappa shape index (κ2) is 4.17. The Labute approximate surface area is 103 Å². The van der Waals surface area contributed by atoms with Crippen LogP contribution in [-0.4, -0.2) is 12.9 Å². The summed E-state index contributed by atoms with van der Waals surface area (Å²) in [5.74, 6) is 1.09. The maximum atomic E-state index is 11.9. The van der Waals surface area contributed by atoms with E-state index in [1.165, 1.54) is 11.1 Å². The minimum atomic E-state index is 0.0425. The van der Waals surface area contributed by atoms with Crippen molar-refractivity contribution in [3.05, 3.63) is 28.8 Å². The van der Waals surface area contributed by atoms with Gasteiger partial charge in [-0.05, 0) is 35.4 Å². The van der Waals surface area contributed by atoms with Gasteiger partial charge in [0.25, 0.3) is 0 Å². The number of benzene rings is 1. The third-order valence-electron chi connectivity index (χ3n) is 3.38. The molecule has 0 aliphatic heterocycles. The lowest BCUT2D eigenvalue weighted by atomic mass is 9.81. The summed E-state index contributed by atoms with van der Waals surface area (Å²) in [7, 11) is 1.67. The van der Waals surface area contributed by atoms with Crippen molar-refractivity contribution < 1.29 is 9.53 Å². The lowest BCUT2D eigenvalue weighted by Gasteiger charge is -2.25. The first-order valence-electron chi connectivity index (χ1n) is 6.18. The van der Waals surface area contributed by atoms with Gasteiger partial charge in [-0.1, -0.05) is 26.8 Å². The zero-order chi connectivity index (χ0) is 12.6. The summed E-state index contributed by atoms with van der Waals surface area (Å²) in [4.78, 5) is 11.9. The van der Waals surface area contributed by atoms with E-state index in [-0.39, 0.29) is 11.2 Å². The molecule has 0 saturated heterocycles. The second-order valence-corrected chi connectivity index (χ2v) is 5.74. The van der Waals surface area contributed by atoms with Gasteiger partial charge in [0.15, 0.2) is 5.78 Å². The van der Waals surface area contributed by atoms with E-state index >= 15 is 0 Å². The van der Waals surface area contributed by atoms with Crippen molar-refractivity contribution in [2.45, 2.75) is 45.4 Å². The summed E-state index contributed by atoms with van der Waals surface area (Å²) in [6.07, 6.45) is 2.65. The molecule has 1 aliphatic rings. The smallest absolute Gasteiger partial charge is 0.163 e. The summed E-state index contributed by atoms with van der Waals surface area (Å²) in [5, 5.41) is 0. The maximum absolute atomic E-state index is 11.9. The molecule has 17 heavy (non-hydrogen) atoms. The number of Topliss-reactive ketones (excluding diaryl/α,β-unsaturated/α-hetero) is 1. The van der Waals surface area contributed by atoms with Crippen LogP contribution in [0.1, 0.15) is 55.1 Å². The van der Waals surface area contributed by atoms with Crippen molar-refractivity contribution >= 4 is 5.78 Å². The molecular formula is C15H20O2. The monoisotopic (exact) mass is 232 g/mol. The van der Waals surface area contributed by atoms with Crippen LogP contribution >= 0.6 is 0 Å². The van der Waals surface area contributed by atoms with Gasteiger partial charge in [-0.15, -0.1) is 0 Å². The molecule has 1 aromatic carbocycles. The van der Waals surface area contributed by atoms with Crippen molar-refractivity contribution in [3.8, 4) is 5.75 Å². The quantitative estimate of drug-likeness (QED) is 0.740. The lowest BCUT2D eigenvalue weighted by Crippen LogP contribution is -2.17. The molecule has 0 radical (unpaired) electrons. The molecule has 92 valence electrons. The zero-order valence-corrected chi connectivity index (χ0v) is 11.1. The average molecular weight is 232 g/mol. The molecule has 0 amide bonds. The zero-order valence-electron chi connectivity index (χ0n) is 11.1. The van der Waals surface area contributed by atoms with E-state index in [2.05, 4.69) is 26.8 Å². The van der Waals surface area contributed by atoms with Gasteiger partial charge < -0.3 is 4.74 Å². The van der Waals surface area contributed by atoms with Crippen LogP contribution in [0.15, 0.2) is 12.1 Å². The molecule has 0 aromatic heterocycles. The van der Waals surface area contributed by atoms with Gasteiger partial charge in [-0.3, -0.25) is 4.79 Å². The molecule has 1 aliphatic carbocycles. The fourth-order valence-electron chi connectivity index (χ4n) is 2.42. The predicted octanol–water partition coefficient (Wildman–Crippen LogP) is 3.51. The topological polar surface area (TPSA) is 26.3 Å². The van der Waals surface area contributed by atoms with Gasteiger partial charge >= 0.3 is 0 Å². The molecule has 0 spiro atoms. The van der Waals surface area contributed by atoms with E-state index in [0.717, 1.165) is 24.2 Å². The van der Waals surface area contributed by atoms with E-state index in [1.807, 2.05) is 6.07 Å². The molecule has 0 bridgehead atoms. The highest BCUT2D eigenvalue weighted by Gasteiger charge is 2.24. The Morgan fingerprint density at radius 1 is 1.18 bits per heavy atom. The highest BCUT2D eigenvalue weighted by atomic mass is 16.5. The number of ether oxygens (including phenoxy) is 1. The van der Waals surface area contributed by atoms with Crippen molar-refractivity contribution in [2.24, 2.45) is 0 Å². The predicted molar refractivity (Wildman–Crippen MR) is 69.0 cm³/mol. The summed E-state index contributed by atoms with van der Waals surface area (Å²) >= 11 is 0. The molecule has 2 nitrogen and oxygen atoms in total. The van der Waals surface area contributed by atoms with Gasteiger partial charge in [0.1, 0.15) is 5.75 Å². The van der Waals surface area contributed by atoms with Gasteiger partial charge in [0, 0.05) is 12.0 Å². The minimum Gasteiger partial charge on any atom is -0.496 e. The number of methoxy groups -OCH3 is 1. The Morgan fingerprint density at radius 2 is 1.88 bits per heavy atom. The van der Waals surface area contributed by atoms with Crippen LogP contribution in [0.25, 0.3) is 0 Å². The SMILES string of the molecule is COc1cc2c(cc1C(C)(C)C)CCCC2=O. The standard InChI is InChI=1S/C15H20O2/c1-15(2,3)12-8-10-6-5-7-13(16)11(10)9-14(12)17-4/h8-9H,5-7H2,1-4H3. The number of ketones is 1. The van der Waals surface area contributed by atoms with Crippen molar-refractivity contribution in [1.82, 2.24) is 0 Å². The minimum absolute atomic E-state index is 0.0425. The normalized spacial score (nSPS) is 15.6. The van der Waals surface area contributed by atoms with Crippen LogP contribution in [0.4, 0.5) is 0 Å². The summed E-state index contributed by atoms with van der Waals surface area (Å²) < 4.78 is 5.43. The Kier molecular flexibility index (Phi) is 2.98. The molecule has 0 atom stereocenters. The number of hydrogen-bond acceptors (Lipinski definition) is 2. The highest BCUT2D eigenvalue weighted by molar-refractivity contribution is 5.99. The average Bonchev–Trinajstić information content (AvgIpc) is 2.27. The van der Waals surface area contributed by atoms with Crippen LogP contribution in [0.3, 0.4) is 0 Å². The second-order valence-electron chi connectivity index (χ2n) is 5.74. The number of hydrogen-bond donors (Lipinski definition) is 0. The van der Waals surface area contributed by atoms with Crippen LogP contribution in [0.2, 0.25) is 0 Å². The number of aryl methyl sites for hydroxylation is 1. The largest absolute Gasteiger partial charge is 0.496 e. The van der Waals surface area contributed by atoms with Crippen LogP contribution in [0, 0.1) is 0 Å². The molecule has 0 unspecified atom stereocenters. The van der Waals surface area contributed by atoms with Gasteiger partial charge in [0.05, 0.1) is 7.11 Å². The fraction of sp³-hybridized carbons (Fsp3) is 0.533. The summed E-state index contributed by atoms with van der Waals surface area (Å²) in [5.41, 5.74) is 3.28. The molecule has 0 heterocycles. The van der Waals surface area contributed by atoms with E-state index < -0.39 is 0 Å².